The van der Waals surface area contributed by atoms with Crippen LogP contribution in [-0.4, -0.2) is 18.0 Å². The Labute approximate surface area is 225 Å². The van der Waals surface area contributed by atoms with Crippen LogP contribution >= 0.6 is 0 Å². The molecule has 1 N–H and O–H groups in total. The van der Waals surface area contributed by atoms with E-state index in [2.05, 4.69) is 39.9 Å². The van der Waals surface area contributed by atoms with Crippen LogP contribution in [0.3, 0.4) is 0 Å². The van der Waals surface area contributed by atoms with E-state index in [4.69, 9.17) is 4.74 Å². The first-order valence-electron chi connectivity index (χ1n) is 14.4. The van der Waals surface area contributed by atoms with E-state index < -0.39 is 11.9 Å². The minimum absolute atomic E-state index is 0.222. The molecule has 0 bridgehead atoms. The highest BCUT2D eigenvalue weighted by Crippen LogP contribution is 2.33. The van der Waals surface area contributed by atoms with E-state index in [1.807, 2.05) is 55.5 Å². The number of carbonyl (C=O) groups is 2. The molecule has 0 aliphatic heterocycles. The van der Waals surface area contributed by atoms with Gasteiger partial charge in [0.25, 0.3) is 0 Å². The minimum Gasteiger partial charge on any atom is -0.462 e. The Balaban J connectivity index is 2.09. The predicted octanol–water partition coefficient (Wildman–Crippen LogP) is 9.12. The molecular formula is C33H49NO3. The minimum atomic E-state index is -1.01. The summed E-state index contributed by atoms with van der Waals surface area (Å²) in [4.78, 5) is 27.1. The van der Waals surface area contributed by atoms with Gasteiger partial charge < -0.3 is 10.1 Å². The van der Waals surface area contributed by atoms with Gasteiger partial charge in [-0.1, -0.05) is 128 Å². The zero-order chi connectivity index (χ0) is 27.2. The van der Waals surface area contributed by atoms with Crippen molar-refractivity contribution in [2.75, 3.05) is 5.32 Å². The van der Waals surface area contributed by atoms with Crippen LogP contribution in [0.1, 0.15) is 134 Å². The van der Waals surface area contributed by atoms with E-state index in [1.54, 1.807) is 0 Å². The molecule has 37 heavy (non-hydrogen) atoms. The molecule has 0 aliphatic carbocycles. The second kappa shape index (κ2) is 16.3. The molecule has 0 spiro atoms. The predicted molar refractivity (Wildman–Crippen MR) is 155 cm³/mol. The van der Waals surface area contributed by atoms with Gasteiger partial charge in [-0.25, -0.2) is 0 Å². The summed E-state index contributed by atoms with van der Waals surface area (Å²) in [5.41, 5.74) is 3.61. The lowest BCUT2D eigenvalue weighted by atomic mass is 9.91. The van der Waals surface area contributed by atoms with Crippen molar-refractivity contribution in [1.29, 1.82) is 0 Å². The summed E-state index contributed by atoms with van der Waals surface area (Å²) >= 11 is 0. The van der Waals surface area contributed by atoms with Crippen LogP contribution in [0.2, 0.25) is 0 Å². The normalized spacial score (nSPS) is 13.0. The van der Waals surface area contributed by atoms with Gasteiger partial charge in [0, 0.05) is 5.69 Å². The maximum absolute atomic E-state index is 13.7. The molecule has 0 saturated carbocycles. The van der Waals surface area contributed by atoms with Crippen LogP contribution in [0, 0.1) is 0 Å². The van der Waals surface area contributed by atoms with E-state index in [0.29, 0.717) is 5.56 Å². The topological polar surface area (TPSA) is 55.4 Å². The molecule has 2 aromatic carbocycles. The fraction of sp³-hybridized carbons (Fsp3) is 0.576. The zero-order valence-electron chi connectivity index (χ0n) is 24.0. The van der Waals surface area contributed by atoms with Gasteiger partial charge in [0.05, 0.1) is 6.10 Å². The molecule has 4 nitrogen and oxygen atoms in total. The Hall–Kier alpha value is -2.62. The number of rotatable bonds is 16. The van der Waals surface area contributed by atoms with Crippen LogP contribution < -0.4 is 5.32 Å². The molecule has 0 fully saturated rings. The summed E-state index contributed by atoms with van der Waals surface area (Å²) in [5, 5.41) is 3.14. The molecule has 2 unspecified atom stereocenters. The van der Waals surface area contributed by atoms with E-state index in [0.717, 1.165) is 36.1 Å². The van der Waals surface area contributed by atoms with Gasteiger partial charge in [-0.05, 0) is 48.3 Å². The number of nitrogens with one attached hydrogen (secondary N) is 1. The third-order valence-electron chi connectivity index (χ3n) is 7.03. The maximum Gasteiger partial charge on any atom is 0.323 e. The van der Waals surface area contributed by atoms with Crippen molar-refractivity contribution >= 4 is 17.6 Å². The lowest BCUT2D eigenvalue weighted by Crippen LogP contribution is -2.32. The van der Waals surface area contributed by atoms with Gasteiger partial charge in [0.1, 0.15) is 0 Å². The van der Waals surface area contributed by atoms with Gasteiger partial charge in [-0.2, -0.15) is 0 Å². The van der Waals surface area contributed by atoms with Crippen LogP contribution in [0.5, 0.6) is 0 Å². The standard InChI is InChI=1S/C33H49NO3/c1-7-8-9-10-11-12-13-15-19-26(6)37-33(36)30(27-20-16-14-17-21-27)32(35)34-31-28(24(2)3)22-18-23-29(31)25(4)5/h14,16-18,20-26,30H,7-13,15,19H2,1-6H3,(H,34,35). The quantitative estimate of drug-likeness (QED) is 0.140. The number of amides is 1. The summed E-state index contributed by atoms with van der Waals surface area (Å²) in [7, 11) is 0. The number of hydrogen-bond donors (Lipinski definition) is 1. The summed E-state index contributed by atoms with van der Waals surface area (Å²) in [6.07, 6.45) is 10.5. The van der Waals surface area contributed by atoms with Gasteiger partial charge in [-0.15, -0.1) is 0 Å². The number of carbonyl (C=O) groups excluding carboxylic acids is 2. The van der Waals surface area contributed by atoms with Crippen molar-refractivity contribution in [2.45, 2.75) is 123 Å². The van der Waals surface area contributed by atoms with E-state index in [-0.39, 0.29) is 23.8 Å². The average Bonchev–Trinajstić information content (AvgIpc) is 2.86. The molecule has 0 heterocycles. The molecule has 0 saturated heterocycles. The molecule has 0 radical (unpaired) electrons. The van der Waals surface area contributed by atoms with Crippen molar-refractivity contribution in [3.05, 3.63) is 65.2 Å². The van der Waals surface area contributed by atoms with E-state index in [1.165, 1.54) is 38.5 Å². The first kappa shape index (κ1) is 30.6. The van der Waals surface area contributed by atoms with Crippen LogP contribution in [-0.2, 0) is 14.3 Å². The highest BCUT2D eigenvalue weighted by atomic mass is 16.5. The van der Waals surface area contributed by atoms with Gasteiger partial charge in [-0.3, -0.25) is 9.59 Å². The SMILES string of the molecule is CCCCCCCCCCC(C)OC(=O)C(C(=O)Nc1c(C(C)C)cccc1C(C)C)c1ccccc1. The molecule has 2 atom stereocenters. The number of unbranched alkanes of at least 4 members (excludes halogenated alkanes) is 7. The van der Waals surface area contributed by atoms with Gasteiger partial charge in [0.15, 0.2) is 5.92 Å². The number of anilines is 1. The third-order valence-corrected chi connectivity index (χ3v) is 7.03. The highest BCUT2D eigenvalue weighted by molar-refractivity contribution is 6.10. The molecule has 1 amide bonds. The Kier molecular flexibility index (Phi) is 13.5. The fourth-order valence-electron chi connectivity index (χ4n) is 4.82. The lowest BCUT2D eigenvalue weighted by molar-refractivity contribution is -0.152. The largest absolute Gasteiger partial charge is 0.462 e. The van der Waals surface area contributed by atoms with Crippen molar-refractivity contribution < 1.29 is 14.3 Å². The van der Waals surface area contributed by atoms with E-state index in [9.17, 15) is 9.59 Å². The number of esters is 1. The molecular weight excluding hydrogens is 458 g/mol. The number of ether oxygens (including phenoxy) is 1. The fourth-order valence-corrected chi connectivity index (χ4v) is 4.82. The second-order valence-electron chi connectivity index (χ2n) is 11.0. The highest BCUT2D eigenvalue weighted by Gasteiger charge is 2.32. The first-order chi connectivity index (χ1) is 17.8. The molecule has 0 aliphatic rings. The van der Waals surface area contributed by atoms with Gasteiger partial charge in [0.2, 0.25) is 5.91 Å². The molecule has 4 heteroatoms. The monoisotopic (exact) mass is 507 g/mol. The maximum atomic E-state index is 13.7. The second-order valence-corrected chi connectivity index (χ2v) is 11.0. The van der Waals surface area contributed by atoms with E-state index >= 15 is 0 Å². The van der Waals surface area contributed by atoms with Gasteiger partial charge >= 0.3 is 5.97 Å². The number of hydrogen-bond acceptors (Lipinski definition) is 3. The molecule has 0 aromatic heterocycles. The summed E-state index contributed by atoms with van der Waals surface area (Å²) in [5.74, 6) is -1.36. The summed E-state index contributed by atoms with van der Waals surface area (Å²) in [6.45, 7) is 12.6. The summed E-state index contributed by atoms with van der Waals surface area (Å²) < 4.78 is 5.84. The van der Waals surface area contributed by atoms with Crippen molar-refractivity contribution in [2.24, 2.45) is 0 Å². The Morgan fingerprint density at radius 1 is 0.730 bits per heavy atom. The smallest absolute Gasteiger partial charge is 0.323 e. The van der Waals surface area contributed by atoms with Crippen molar-refractivity contribution in [3.63, 3.8) is 0 Å². The molecule has 2 aromatic rings. The number of para-hydroxylation sites is 1. The molecule has 2 rings (SSSR count). The van der Waals surface area contributed by atoms with Crippen LogP contribution in [0.25, 0.3) is 0 Å². The Bertz CT molecular complexity index is 925. The average molecular weight is 508 g/mol. The Morgan fingerprint density at radius 3 is 1.81 bits per heavy atom. The Morgan fingerprint density at radius 2 is 1.27 bits per heavy atom. The van der Waals surface area contributed by atoms with Crippen LogP contribution in [0.4, 0.5) is 5.69 Å². The van der Waals surface area contributed by atoms with Crippen molar-refractivity contribution in [3.8, 4) is 0 Å². The first-order valence-corrected chi connectivity index (χ1v) is 14.4. The number of benzene rings is 2. The molecule has 204 valence electrons. The lowest BCUT2D eigenvalue weighted by Gasteiger charge is -2.23. The summed E-state index contributed by atoms with van der Waals surface area (Å²) in [6, 6.07) is 15.4. The zero-order valence-corrected chi connectivity index (χ0v) is 24.0. The van der Waals surface area contributed by atoms with Crippen LogP contribution in [0.15, 0.2) is 48.5 Å². The van der Waals surface area contributed by atoms with Crippen molar-refractivity contribution in [1.82, 2.24) is 0 Å². The third kappa shape index (κ3) is 9.98.